The Balaban J connectivity index is 0.940. The van der Waals surface area contributed by atoms with E-state index in [1.54, 1.807) is 0 Å². The summed E-state index contributed by atoms with van der Waals surface area (Å²) in [6.07, 6.45) is 13.4. The van der Waals surface area contributed by atoms with Crippen LogP contribution in [-0.2, 0) is 35.9 Å². The summed E-state index contributed by atoms with van der Waals surface area (Å²) in [5.41, 5.74) is 26.6. The number of unbranched alkanes of at least 4 members (excludes halogenated alkanes) is 9. The summed E-state index contributed by atoms with van der Waals surface area (Å²) in [5.74, 6) is 0. The highest BCUT2D eigenvalue weighted by molar-refractivity contribution is 6.40. The fourth-order valence-corrected chi connectivity index (χ4v) is 18.9. The largest absolute Gasteiger partial charge is 0.456 e. The third kappa shape index (κ3) is 13.3. The van der Waals surface area contributed by atoms with E-state index in [2.05, 4.69) is 366 Å². The molecule has 0 fully saturated rings. The van der Waals surface area contributed by atoms with Gasteiger partial charge in [0.15, 0.2) is 0 Å². The number of aryl methyl sites for hydroxylation is 3. The van der Waals surface area contributed by atoms with Crippen LogP contribution in [0, 0.1) is 0 Å². The molecule has 13 aromatic carbocycles. The Morgan fingerprint density at radius 1 is 0.231 bits per heavy atom. The van der Waals surface area contributed by atoms with E-state index in [1.807, 2.05) is 0 Å². The molecule has 0 aliphatic carbocycles. The Bertz CT molecular complexity index is 6280. The number of benzene rings is 13. The van der Waals surface area contributed by atoms with Crippen molar-refractivity contribution in [2.75, 3.05) is 14.7 Å². The number of rotatable bonds is 24. The number of furan rings is 3. The van der Waals surface area contributed by atoms with Gasteiger partial charge in [0.2, 0.25) is 0 Å². The van der Waals surface area contributed by atoms with Gasteiger partial charge in [-0.25, -0.2) is 0 Å². The van der Waals surface area contributed by atoms with Crippen molar-refractivity contribution < 1.29 is 13.3 Å². The van der Waals surface area contributed by atoms with E-state index in [4.69, 9.17) is 13.3 Å². The molecule has 9 heteroatoms. The number of hydrogen-bond acceptors (Lipinski definition) is 6. The first kappa shape index (κ1) is 75.1. The lowest BCUT2D eigenvalue weighted by Crippen LogP contribution is -2.13. The molecule has 0 saturated carbocycles. The van der Waals surface area contributed by atoms with Crippen LogP contribution in [0.15, 0.2) is 268 Å². The highest BCUT2D eigenvalue weighted by atomic mass is 16.3. The Morgan fingerprint density at radius 3 is 0.735 bits per heavy atom. The zero-order valence-electron chi connectivity index (χ0n) is 70.3. The fourth-order valence-electron chi connectivity index (χ4n) is 18.9. The Morgan fingerprint density at radius 2 is 0.470 bits per heavy atom. The van der Waals surface area contributed by atoms with Crippen LogP contribution < -0.4 is 14.7 Å². The zero-order valence-corrected chi connectivity index (χ0v) is 70.3. The lowest BCUT2D eigenvalue weighted by molar-refractivity contribution is 0.590. The molecule has 0 atom stereocenters. The van der Waals surface area contributed by atoms with Crippen LogP contribution in [0.1, 0.15) is 177 Å². The topological polar surface area (TPSA) is 63.9 Å². The number of para-hydroxylation sites is 3. The van der Waals surface area contributed by atoms with Crippen LogP contribution in [0.5, 0.6) is 0 Å². The van der Waals surface area contributed by atoms with Gasteiger partial charge >= 0.3 is 0 Å². The molecule has 19 rings (SSSR count). The maximum atomic E-state index is 6.57. The first-order valence-corrected chi connectivity index (χ1v) is 43.3. The van der Waals surface area contributed by atoms with Gasteiger partial charge in [-0.2, -0.15) is 0 Å². The lowest BCUT2D eigenvalue weighted by Gasteiger charge is -2.27. The summed E-state index contributed by atoms with van der Waals surface area (Å²) in [6, 6.07) is 96.3. The smallest absolute Gasteiger partial charge is 0.135 e. The minimum Gasteiger partial charge on any atom is -0.456 e. The summed E-state index contributed by atoms with van der Waals surface area (Å²) < 4.78 is 28.2. The summed E-state index contributed by atoms with van der Waals surface area (Å²) in [6.45, 7) is 30.4. The van der Waals surface area contributed by atoms with E-state index >= 15 is 0 Å². The van der Waals surface area contributed by atoms with E-state index in [0.717, 1.165) is 194 Å². The second kappa shape index (κ2) is 30.0. The maximum absolute atomic E-state index is 6.57. The second-order valence-electron chi connectivity index (χ2n) is 36.1. The summed E-state index contributed by atoms with van der Waals surface area (Å²) in [5, 5.41) is 14.4. The first-order valence-electron chi connectivity index (χ1n) is 43.3. The van der Waals surface area contributed by atoms with Crippen LogP contribution in [0.2, 0.25) is 0 Å². The Kier molecular flexibility index (Phi) is 19.2. The van der Waals surface area contributed by atoms with Crippen LogP contribution >= 0.6 is 0 Å². The molecule has 0 aliphatic rings. The molecule has 9 nitrogen and oxygen atoms in total. The van der Waals surface area contributed by atoms with Crippen molar-refractivity contribution in [1.82, 2.24) is 13.7 Å². The highest BCUT2D eigenvalue weighted by Gasteiger charge is 2.32. The molecule has 0 unspecified atom stereocenters. The van der Waals surface area contributed by atoms with Crippen molar-refractivity contribution in [3.05, 3.63) is 271 Å². The quantitative estimate of drug-likeness (QED) is 0.0562. The van der Waals surface area contributed by atoms with Crippen LogP contribution in [0.3, 0.4) is 0 Å². The average Bonchev–Trinajstić information content (AvgIpc) is 1.51. The van der Waals surface area contributed by atoms with Crippen molar-refractivity contribution in [3.8, 4) is 0 Å². The molecule has 0 bridgehead atoms. The van der Waals surface area contributed by atoms with Gasteiger partial charge in [0, 0.05) is 135 Å². The van der Waals surface area contributed by atoms with Gasteiger partial charge in [0.25, 0.3) is 0 Å². The molecular formula is C108H108N6O3. The molecule has 0 aliphatic heterocycles. The minimum atomic E-state index is -0.0292. The molecule has 0 spiro atoms. The van der Waals surface area contributed by atoms with Crippen molar-refractivity contribution in [3.63, 3.8) is 0 Å². The Labute approximate surface area is 687 Å². The molecule has 117 heavy (non-hydrogen) atoms. The standard InChI is InChI=1S/C108H108N6O3/c1-13-16-19-28-61-109-91-67-79(112(73-43-37-70(38-44-73)106(4,5)6)76-52-58-97-88(64-76)82-31-22-25-34-94(82)115-97)49-55-85(91)100-103(109)101-86-56-50-80(113(74-45-39-71(40-46-74)107(7,8)9)77-53-59-98-89(65-77)83-32-23-26-35-95(83)116-98)68-92(86)110(62-29-20-17-14-2)105(101)102-87-57-51-81(69-93(87)111(104(100)102)63-30-21-18-15-3)114(75-47-41-72(42-48-75)108(10,11)12)78-54-60-99-90(66-78)84-33-24-27-36-96(84)117-99/h22-27,31-60,64-69H,13-21,28-30,61-63H2,1-12H3. The predicted molar refractivity (Wildman–Crippen MR) is 500 cm³/mol. The van der Waals surface area contributed by atoms with Crippen molar-refractivity contribution >= 4 is 182 Å². The first-order chi connectivity index (χ1) is 56.8. The van der Waals surface area contributed by atoms with Crippen molar-refractivity contribution in [2.45, 2.75) is 196 Å². The number of aromatic nitrogens is 3. The Hall–Kier alpha value is -11.9. The monoisotopic (exact) mass is 1540 g/mol. The van der Waals surface area contributed by atoms with Gasteiger partial charge in [-0.15, -0.1) is 0 Å². The van der Waals surface area contributed by atoms with E-state index in [-0.39, 0.29) is 16.2 Å². The molecular weight excluding hydrogens is 1430 g/mol. The van der Waals surface area contributed by atoms with E-state index in [9.17, 15) is 0 Å². The second-order valence-corrected chi connectivity index (χ2v) is 36.1. The fraction of sp³-hybridized carbons (Fsp3) is 0.278. The molecule has 0 amide bonds. The molecule has 0 saturated heterocycles. The van der Waals surface area contributed by atoms with Crippen LogP contribution in [0.25, 0.3) is 131 Å². The number of anilines is 9. The molecule has 6 aromatic heterocycles. The lowest BCUT2D eigenvalue weighted by atomic mass is 9.87. The maximum Gasteiger partial charge on any atom is 0.135 e. The van der Waals surface area contributed by atoms with E-state index in [1.165, 1.54) is 101 Å². The molecule has 0 radical (unpaired) electrons. The summed E-state index contributed by atoms with van der Waals surface area (Å²) in [4.78, 5) is 7.49. The molecule has 19 aromatic rings. The van der Waals surface area contributed by atoms with Gasteiger partial charge < -0.3 is 41.7 Å². The average molecular weight is 1540 g/mol. The van der Waals surface area contributed by atoms with Gasteiger partial charge in [-0.3, -0.25) is 0 Å². The van der Waals surface area contributed by atoms with E-state index in [0.29, 0.717) is 0 Å². The molecule has 0 N–H and O–H groups in total. The minimum absolute atomic E-state index is 0.0292. The summed E-state index contributed by atoms with van der Waals surface area (Å²) >= 11 is 0. The number of fused-ring (bicyclic) bond motifs is 21. The number of hydrogen-bond donors (Lipinski definition) is 0. The highest BCUT2D eigenvalue weighted by Crippen LogP contribution is 2.53. The van der Waals surface area contributed by atoms with Gasteiger partial charge in [-0.05, 0) is 198 Å². The van der Waals surface area contributed by atoms with Gasteiger partial charge in [-0.1, -0.05) is 250 Å². The zero-order chi connectivity index (χ0) is 80.2. The number of nitrogens with zero attached hydrogens (tertiary/aromatic N) is 6. The normalized spacial score (nSPS) is 12.6. The summed E-state index contributed by atoms with van der Waals surface area (Å²) in [7, 11) is 0. The van der Waals surface area contributed by atoms with Crippen LogP contribution in [0.4, 0.5) is 51.2 Å². The van der Waals surface area contributed by atoms with Crippen molar-refractivity contribution in [1.29, 1.82) is 0 Å². The molecule has 6 heterocycles. The van der Waals surface area contributed by atoms with Gasteiger partial charge in [0.05, 0.1) is 33.1 Å². The van der Waals surface area contributed by atoms with Gasteiger partial charge in [0.1, 0.15) is 33.5 Å². The van der Waals surface area contributed by atoms with Crippen LogP contribution in [-0.4, -0.2) is 13.7 Å². The predicted octanol–water partition coefficient (Wildman–Crippen LogP) is 32.8. The van der Waals surface area contributed by atoms with Crippen molar-refractivity contribution in [2.24, 2.45) is 0 Å². The third-order valence-electron chi connectivity index (χ3n) is 25.2. The SMILES string of the molecule is CCCCCCn1c2cc(N(c3ccc(C(C)(C)C)cc3)c3ccc4oc5ccccc5c4c3)ccc2c2c1c1c3ccc(N(c4ccc(C(C)(C)C)cc4)c4ccc5oc6ccccc6c5c4)cc3n(CCCCCC)c1c1c3ccc(N(c4ccc(C(C)(C)C)cc4)c4ccc5oc6ccccc6c5c4)cc3n(CCCCCC)c21. The van der Waals surface area contributed by atoms with E-state index < -0.39 is 0 Å². The third-order valence-corrected chi connectivity index (χ3v) is 25.2. The molecule has 588 valence electrons.